The third-order valence-electron chi connectivity index (χ3n) is 3.37. The SMILES string of the molecule is O=C(Nc1nnc(-c2ccno2)o1)c1cccc(Oc2ccccc2)c1. The van der Waals surface area contributed by atoms with Crippen LogP contribution in [0.2, 0.25) is 0 Å². The van der Waals surface area contributed by atoms with Crippen molar-refractivity contribution in [1.29, 1.82) is 0 Å². The van der Waals surface area contributed by atoms with E-state index in [9.17, 15) is 4.79 Å². The third kappa shape index (κ3) is 3.44. The lowest BCUT2D eigenvalue weighted by Gasteiger charge is -2.07. The molecule has 0 atom stereocenters. The van der Waals surface area contributed by atoms with Crippen LogP contribution in [-0.2, 0) is 0 Å². The van der Waals surface area contributed by atoms with Crippen LogP contribution in [0.4, 0.5) is 6.01 Å². The molecule has 2 heterocycles. The molecule has 0 aliphatic rings. The smallest absolute Gasteiger partial charge is 0.322 e. The van der Waals surface area contributed by atoms with E-state index in [0.717, 1.165) is 0 Å². The zero-order chi connectivity index (χ0) is 17.8. The highest BCUT2D eigenvalue weighted by molar-refractivity contribution is 6.03. The highest BCUT2D eigenvalue weighted by Crippen LogP contribution is 2.23. The summed E-state index contributed by atoms with van der Waals surface area (Å²) in [6.07, 6.45) is 1.45. The van der Waals surface area contributed by atoms with E-state index in [1.165, 1.54) is 6.20 Å². The molecule has 2 aromatic carbocycles. The average Bonchev–Trinajstić information content (AvgIpc) is 3.34. The van der Waals surface area contributed by atoms with Gasteiger partial charge in [0.2, 0.25) is 5.76 Å². The largest absolute Gasteiger partial charge is 0.457 e. The van der Waals surface area contributed by atoms with E-state index in [4.69, 9.17) is 13.7 Å². The minimum Gasteiger partial charge on any atom is -0.457 e. The molecular weight excluding hydrogens is 336 g/mol. The number of para-hydroxylation sites is 1. The Labute approximate surface area is 147 Å². The first-order valence-electron chi connectivity index (χ1n) is 7.67. The number of amides is 1. The summed E-state index contributed by atoms with van der Waals surface area (Å²) in [5.41, 5.74) is 0.387. The molecule has 4 rings (SSSR count). The Morgan fingerprint density at radius 1 is 0.962 bits per heavy atom. The van der Waals surface area contributed by atoms with Crippen LogP contribution in [0.5, 0.6) is 11.5 Å². The Kier molecular flexibility index (Phi) is 4.13. The summed E-state index contributed by atoms with van der Waals surface area (Å²) in [7, 11) is 0. The van der Waals surface area contributed by atoms with Gasteiger partial charge in [-0.1, -0.05) is 34.5 Å². The van der Waals surface area contributed by atoms with Crippen LogP contribution in [0, 0.1) is 0 Å². The predicted octanol–water partition coefficient (Wildman–Crippen LogP) is 3.77. The van der Waals surface area contributed by atoms with E-state index in [-0.39, 0.29) is 11.9 Å². The molecule has 0 spiro atoms. The number of carbonyl (C=O) groups excluding carboxylic acids is 1. The van der Waals surface area contributed by atoms with E-state index >= 15 is 0 Å². The molecule has 1 amide bonds. The van der Waals surface area contributed by atoms with Gasteiger partial charge in [0.05, 0.1) is 6.20 Å². The molecule has 0 aliphatic carbocycles. The Balaban J connectivity index is 1.47. The lowest BCUT2D eigenvalue weighted by Crippen LogP contribution is -2.12. The molecule has 0 aliphatic heterocycles. The van der Waals surface area contributed by atoms with Gasteiger partial charge in [-0.25, -0.2) is 0 Å². The number of ether oxygens (including phenoxy) is 1. The summed E-state index contributed by atoms with van der Waals surface area (Å²) in [6, 6.07) is 17.6. The van der Waals surface area contributed by atoms with E-state index in [1.54, 1.807) is 30.3 Å². The van der Waals surface area contributed by atoms with Crippen molar-refractivity contribution in [3.05, 3.63) is 72.4 Å². The molecular formula is C18H12N4O4. The molecule has 8 heteroatoms. The van der Waals surface area contributed by atoms with Gasteiger partial charge in [-0.2, -0.15) is 0 Å². The van der Waals surface area contributed by atoms with Crippen LogP contribution in [0.25, 0.3) is 11.7 Å². The van der Waals surface area contributed by atoms with Crippen molar-refractivity contribution >= 4 is 11.9 Å². The van der Waals surface area contributed by atoms with Crippen molar-refractivity contribution < 1.29 is 18.5 Å². The molecule has 26 heavy (non-hydrogen) atoms. The van der Waals surface area contributed by atoms with E-state index < -0.39 is 5.91 Å². The number of nitrogens with one attached hydrogen (secondary N) is 1. The van der Waals surface area contributed by atoms with E-state index in [0.29, 0.717) is 22.8 Å². The van der Waals surface area contributed by atoms with Crippen molar-refractivity contribution in [2.75, 3.05) is 5.32 Å². The predicted molar refractivity (Wildman–Crippen MR) is 90.7 cm³/mol. The van der Waals surface area contributed by atoms with Crippen LogP contribution in [-0.4, -0.2) is 21.3 Å². The fourth-order valence-electron chi connectivity index (χ4n) is 2.19. The Morgan fingerprint density at radius 2 is 1.81 bits per heavy atom. The minimum absolute atomic E-state index is 0.0456. The second-order valence-corrected chi connectivity index (χ2v) is 5.19. The first-order valence-corrected chi connectivity index (χ1v) is 7.67. The van der Waals surface area contributed by atoms with Gasteiger partial charge in [0.15, 0.2) is 0 Å². The molecule has 128 valence electrons. The number of benzene rings is 2. The molecule has 0 fully saturated rings. The Morgan fingerprint density at radius 3 is 2.62 bits per heavy atom. The Bertz CT molecular complexity index is 1010. The first-order chi connectivity index (χ1) is 12.8. The lowest BCUT2D eigenvalue weighted by molar-refractivity contribution is 0.102. The van der Waals surface area contributed by atoms with Gasteiger partial charge in [-0.3, -0.25) is 10.1 Å². The van der Waals surface area contributed by atoms with E-state index in [2.05, 4.69) is 20.7 Å². The molecule has 1 N–H and O–H groups in total. The van der Waals surface area contributed by atoms with Crippen molar-refractivity contribution in [3.8, 4) is 23.1 Å². The summed E-state index contributed by atoms with van der Waals surface area (Å²) in [4.78, 5) is 12.4. The van der Waals surface area contributed by atoms with Gasteiger partial charge >= 0.3 is 6.01 Å². The standard InChI is InChI=1S/C18H12N4O4/c23-16(20-18-22-21-17(25-18)15-9-10-19-26-15)12-5-4-8-14(11-12)24-13-6-2-1-3-7-13/h1-11H,(H,20,22,23). The maximum Gasteiger partial charge on any atom is 0.322 e. The maximum atomic E-state index is 12.4. The molecule has 0 radical (unpaired) electrons. The second-order valence-electron chi connectivity index (χ2n) is 5.19. The number of nitrogens with zero attached hydrogens (tertiary/aromatic N) is 3. The normalized spacial score (nSPS) is 10.5. The summed E-state index contributed by atoms with van der Waals surface area (Å²) in [6.45, 7) is 0. The Hall–Kier alpha value is -3.94. The van der Waals surface area contributed by atoms with Gasteiger partial charge in [-0.15, -0.1) is 5.10 Å². The number of aromatic nitrogens is 3. The number of hydrogen-bond acceptors (Lipinski definition) is 7. The van der Waals surface area contributed by atoms with Crippen LogP contribution in [0.15, 0.2) is 75.8 Å². The topological polar surface area (TPSA) is 103 Å². The minimum atomic E-state index is -0.406. The van der Waals surface area contributed by atoms with Crippen LogP contribution in [0.3, 0.4) is 0 Å². The van der Waals surface area contributed by atoms with E-state index in [1.807, 2.05) is 30.3 Å². The molecule has 0 unspecified atom stereocenters. The molecule has 4 aromatic rings. The summed E-state index contributed by atoms with van der Waals surface area (Å²) >= 11 is 0. The van der Waals surface area contributed by atoms with Crippen LogP contribution in [0.1, 0.15) is 10.4 Å². The fourth-order valence-corrected chi connectivity index (χ4v) is 2.19. The summed E-state index contributed by atoms with van der Waals surface area (Å²) < 4.78 is 16.0. The number of hydrogen-bond donors (Lipinski definition) is 1. The second kappa shape index (κ2) is 6.89. The van der Waals surface area contributed by atoms with Crippen molar-refractivity contribution in [3.63, 3.8) is 0 Å². The van der Waals surface area contributed by atoms with Crippen molar-refractivity contribution in [2.45, 2.75) is 0 Å². The van der Waals surface area contributed by atoms with Crippen LogP contribution < -0.4 is 10.1 Å². The van der Waals surface area contributed by atoms with Gasteiger partial charge in [-0.05, 0) is 30.3 Å². The third-order valence-corrected chi connectivity index (χ3v) is 3.37. The molecule has 0 saturated carbocycles. The fraction of sp³-hybridized carbons (Fsp3) is 0. The molecule has 2 aromatic heterocycles. The molecule has 0 saturated heterocycles. The lowest BCUT2D eigenvalue weighted by atomic mass is 10.2. The highest BCUT2D eigenvalue weighted by atomic mass is 16.5. The first kappa shape index (κ1) is 15.6. The van der Waals surface area contributed by atoms with Gasteiger partial charge in [0.25, 0.3) is 11.8 Å². The summed E-state index contributed by atoms with van der Waals surface area (Å²) in [5.74, 6) is 1.25. The zero-order valence-electron chi connectivity index (χ0n) is 13.3. The monoisotopic (exact) mass is 348 g/mol. The van der Waals surface area contributed by atoms with Crippen molar-refractivity contribution in [1.82, 2.24) is 15.4 Å². The number of rotatable bonds is 5. The molecule has 0 bridgehead atoms. The molecule has 8 nitrogen and oxygen atoms in total. The maximum absolute atomic E-state index is 12.4. The van der Waals surface area contributed by atoms with Gasteiger partial charge in [0.1, 0.15) is 11.5 Å². The zero-order valence-corrected chi connectivity index (χ0v) is 13.3. The quantitative estimate of drug-likeness (QED) is 0.585. The van der Waals surface area contributed by atoms with Crippen molar-refractivity contribution in [2.24, 2.45) is 0 Å². The average molecular weight is 348 g/mol. The summed E-state index contributed by atoms with van der Waals surface area (Å²) in [5, 5.41) is 13.6. The highest BCUT2D eigenvalue weighted by Gasteiger charge is 2.15. The number of carbonyl (C=O) groups is 1. The van der Waals surface area contributed by atoms with Crippen LogP contribution >= 0.6 is 0 Å². The number of anilines is 1. The van der Waals surface area contributed by atoms with Gasteiger partial charge in [0, 0.05) is 11.6 Å². The van der Waals surface area contributed by atoms with Gasteiger partial charge < -0.3 is 13.7 Å².